The zero-order valence-corrected chi connectivity index (χ0v) is 17.1. The number of carbonyl (C=O) groups is 2. The molecule has 0 aliphatic rings. The number of esters is 2. The maximum atomic E-state index is 11.9. The summed E-state index contributed by atoms with van der Waals surface area (Å²) in [5, 5.41) is 5.77. The first-order chi connectivity index (χ1) is 14.0. The fourth-order valence-corrected chi connectivity index (χ4v) is 3.41. The third-order valence-electron chi connectivity index (χ3n) is 4.11. The highest BCUT2D eigenvalue weighted by molar-refractivity contribution is 7.13. The molecule has 1 aromatic heterocycles. The van der Waals surface area contributed by atoms with Crippen LogP contribution >= 0.6 is 11.3 Å². The number of rotatable bonds is 6. The Bertz CT molecular complexity index is 1050. The Labute approximate surface area is 172 Å². The van der Waals surface area contributed by atoms with Gasteiger partial charge in [0, 0.05) is 22.2 Å². The van der Waals surface area contributed by atoms with Crippen molar-refractivity contribution in [1.29, 1.82) is 0 Å². The second-order valence-electron chi connectivity index (χ2n) is 6.18. The van der Waals surface area contributed by atoms with E-state index in [-0.39, 0.29) is 5.70 Å². The topological polar surface area (TPSA) is 77.5 Å². The molecule has 0 atom stereocenters. The van der Waals surface area contributed by atoms with Crippen LogP contribution in [0.4, 0.5) is 5.69 Å². The standard InChI is InChI=1S/C22H20N2O4S/c1-14-7-9-15(10-8-14)19-13-29-21(24-19)16-5-4-6-17(11-16)23-18(22(26)28-3)12-20(25)27-2/h4-13,23H,1-3H3/b18-12+. The van der Waals surface area contributed by atoms with E-state index in [0.717, 1.165) is 27.9 Å². The van der Waals surface area contributed by atoms with Crippen molar-refractivity contribution in [3.05, 3.63) is 71.2 Å². The van der Waals surface area contributed by atoms with Gasteiger partial charge in [-0.25, -0.2) is 14.6 Å². The average molecular weight is 408 g/mol. The molecule has 0 aliphatic carbocycles. The number of aryl methyl sites for hydroxylation is 1. The Morgan fingerprint density at radius 2 is 1.79 bits per heavy atom. The zero-order chi connectivity index (χ0) is 20.8. The van der Waals surface area contributed by atoms with Crippen LogP contribution in [0.2, 0.25) is 0 Å². The van der Waals surface area contributed by atoms with Crippen LogP contribution in [0.1, 0.15) is 5.56 Å². The minimum Gasteiger partial charge on any atom is -0.466 e. The molecule has 0 aliphatic heterocycles. The van der Waals surface area contributed by atoms with Gasteiger partial charge in [-0.05, 0) is 19.1 Å². The number of methoxy groups -OCH3 is 2. The number of nitrogens with one attached hydrogen (secondary N) is 1. The summed E-state index contributed by atoms with van der Waals surface area (Å²) in [5.41, 5.74) is 4.65. The first-order valence-electron chi connectivity index (χ1n) is 8.78. The third-order valence-corrected chi connectivity index (χ3v) is 5.00. The maximum absolute atomic E-state index is 11.9. The Morgan fingerprint density at radius 1 is 1.03 bits per heavy atom. The van der Waals surface area contributed by atoms with Crippen molar-refractivity contribution in [3.63, 3.8) is 0 Å². The van der Waals surface area contributed by atoms with Gasteiger partial charge in [-0.1, -0.05) is 42.0 Å². The molecule has 0 spiro atoms. The number of ether oxygens (including phenoxy) is 2. The predicted octanol–water partition coefficient (Wildman–Crippen LogP) is 4.43. The molecule has 1 heterocycles. The quantitative estimate of drug-likeness (QED) is 0.480. The van der Waals surface area contributed by atoms with E-state index in [9.17, 15) is 9.59 Å². The lowest BCUT2D eigenvalue weighted by Crippen LogP contribution is -2.15. The summed E-state index contributed by atoms with van der Waals surface area (Å²) in [5.74, 6) is -1.33. The molecule has 148 valence electrons. The summed E-state index contributed by atoms with van der Waals surface area (Å²) < 4.78 is 9.30. The second-order valence-corrected chi connectivity index (χ2v) is 7.04. The summed E-state index contributed by atoms with van der Waals surface area (Å²) in [7, 11) is 2.48. The molecule has 2 aromatic carbocycles. The van der Waals surface area contributed by atoms with Crippen molar-refractivity contribution < 1.29 is 19.1 Å². The molecule has 3 rings (SSSR count). The van der Waals surface area contributed by atoms with E-state index in [4.69, 9.17) is 9.72 Å². The molecule has 7 heteroatoms. The fourth-order valence-electron chi connectivity index (χ4n) is 2.58. The molecular formula is C22H20N2O4S. The average Bonchev–Trinajstić information content (AvgIpc) is 3.23. The van der Waals surface area contributed by atoms with Crippen LogP contribution in [-0.2, 0) is 19.1 Å². The number of anilines is 1. The van der Waals surface area contributed by atoms with Crippen LogP contribution < -0.4 is 5.32 Å². The molecule has 0 amide bonds. The number of carbonyl (C=O) groups excluding carboxylic acids is 2. The molecule has 0 saturated carbocycles. The molecule has 0 fully saturated rings. The van der Waals surface area contributed by atoms with Crippen LogP contribution in [0.15, 0.2) is 65.7 Å². The molecule has 6 nitrogen and oxygen atoms in total. The van der Waals surface area contributed by atoms with E-state index in [0.29, 0.717) is 5.69 Å². The van der Waals surface area contributed by atoms with E-state index in [2.05, 4.69) is 22.2 Å². The molecule has 0 saturated heterocycles. The van der Waals surface area contributed by atoms with Crippen LogP contribution in [0.3, 0.4) is 0 Å². The maximum Gasteiger partial charge on any atom is 0.354 e. The van der Waals surface area contributed by atoms with Gasteiger partial charge in [-0.2, -0.15) is 0 Å². The summed E-state index contributed by atoms with van der Waals surface area (Å²) in [6, 6.07) is 15.6. The fraction of sp³-hybridized carbons (Fsp3) is 0.136. The van der Waals surface area contributed by atoms with Crippen molar-refractivity contribution in [1.82, 2.24) is 4.98 Å². The molecule has 1 N–H and O–H groups in total. The van der Waals surface area contributed by atoms with Crippen molar-refractivity contribution >= 4 is 29.0 Å². The number of hydrogen-bond donors (Lipinski definition) is 1. The van der Waals surface area contributed by atoms with Gasteiger partial charge in [0.15, 0.2) is 0 Å². The minimum atomic E-state index is -0.670. The molecule has 0 bridgehead atoms. The Kier molecular flexibility index (Phi) is 6.41. The normalized spacial score (nSPS) is 11.1. The van der Waals surface area contributed by atoms with Gasteiger partial charge in [0.05, 0.1) is 26.0 Å². The van der Waals surface area contributed by atoms with Gasteiger partial charge >= 0.3 is 11.9 Å². The first-order valence-corrected chi connectivity index (χ1v) is 9.66. The van der Waals surface area contributed by atoms with E-state index < -0.39 is 11.9 Å². The van der Waals surface area contributed by atoms with E-state index in [1.165, 1.54) is 31.1 Å². The summed E-state index contributed by atoms with van der Waals surface area (Å²) in [6.45, 7) is 2.05. The van der Waals surface area contributed by atoms with Gasteiger partial charge in [0.25, 0.3) is 0 Å². The highest BCUT2D eigenvalue weighted by Gasteiger charge is 2.14. The summed E-state index contributed by atoms with van der Waals surface area (Å²) >= 11 is 1.54. The van der Waals surface area contributed by atoms with Gasteiger partial charge in [-0.3, -0.25) is 0 Å². The Morgan fingerprint density at radius 3 is 2.48 bits per heavy atom. The SMILES string of the molecule is COC(=O)/C=C(/Nc1cccc(-c2nc(-c3ccc(C)cc3)cs2)c1)C(=O)OC. The van der Waals surface area contributed by atoms with Crippen molar-refractivity contribution in [2.24, 2.45) is 0 Å². The van der Waals surface area contributed by atoms with E-state index >= 15 is 0 Å². The number of aromatic nitrogens is 1. The first kappa shape index (κ1) is 20.3. The molecule has 0 unspecified atom stereocenters. The van der Waals surface area contributed by atoms with Crippen LogP contribution in [-0.4, -0.2) is 31.1 Å². The van der Waals surface area contributed by atoms with Crippen LogP contribution in [0, 0.1) is 6.92 Å². The number of benzene rings is 2. The lowest BCUT2D eigenvalue weighted by atomic mass is 10.1. The van der Waals surface area contributed by atoms with Gasteiger partial charge in [-0.15, -0.1) is 11.3 Å². The lowest BCUT2D eigenvalue weighted by molar-refractivity contribution is -0.138. The Balaban J connectivity index is 1.86. The summed E-state index contributed by atoms with van der Waals surface area (Å²) in [6.07, 6.45) is 1.05. The van der Waals surface area contributed by atoms with Crippen molar-refractivity contribution in [2.45, 2.75) is 6.92 Å². The Hall–Kier alpha value is -3.45. The smallest absolute Gasteiger partial charge is 0.354 e. The van der Waals surface area contributed by atoms with Gasteiger partial charge in [0.1, 0.15) is 10.7 Å². The minimum absolute atomic E-state index is 0.0176. The van der Waals surface area contributed by atoms with E-state index in [1.54, 1.807) is 6.07 Å². The van der Waals surface area contributed by atoms with Crippen molar-refractivity contribution in [2.75, 3.05) is 19.5 Å². The number of nitrogens with zero attached hydrogens (tertiary/aromatic N) is 1. The second kappa shape index (κ2) is 9.16. The molecule has 29 heavy (non-hydrogen) atoms. The van der Waals surface area contributed by atoms with Crippen LogP contribution in [0.25, 0.3) is 21.8 Å². The van der Waals surface area contributed by atoms with Crippen molar-refractivity contribution in [3.8, 4) is 21.8 Å². The number of hydrogen-bond acceptors (Lipinski definition) is 7. The lowest BCUT2D eigenvalue weighted by Gasteiger charge is -2.10. The zero-order valence-electron chi connectivity index (χ0n) is 16.3. The van der Waals surface area contributed by atoms with Gasteiger partial charge < -0.3 is 14.8 Å². The largest absolute Gasteiger partial charge is 0.466 e. The third kappa shape index (κ3) is 5.08. The summed E-state index contributed by atoms with van der Waals surface area (Å²) in [4.78, 5) is 28.2. The predicted molar refractivity (Wildman–Crippen MR) is 113 cm³/mol. The van der Waals surface area contributed by atoms with Crippen LogP contribution in [0.5, 0.6) is 0 Å². The molecule has 0 radical (unpaired) electrons. The monoisotopic (exact) mass is 408 g/mol. The van der Waals surface area contributed by atoms with E-state index in [1.807, 2.05) is 42.6 Å². The van der Waals surface area contributed by atoms with Gasteiger partial charge in [0.2, 0.25) is 0 Å². The highest BCUT2D eigenvalue weighted by Crippen LogP contribution is 2.30. The number of thiazole rings is 1. The molecule has 3 aromatic rings. The highest BCUT2D eigenvalue weighted by atomic mass is 32.1. The molecular weight excluding hydrogens is 388 g/mol.